The first-order chi connectivity index (χ1) is 8.70. The number of nitrogens with two attached hydrogens (primary N) is 1. The Balaban J connectivity index is 2.25. The molecule has 1 aromatic carbocycles. The Labute approximate surface area is 102 Å². The van der Waals surface area contributed by atoms with Crippen LogP contribution in [0.3, 0.4) is 0 Å². The van der Waals surface area contributed by atoms with E-state index in [1.54, 1.807) is 19.3 Å². The third-order valence-corrected chi connectivity index (χ3v) is 3.02. The Morgan fingerprint density at radius 3 is 3.11 bits per heavy atom. The number of hydrogen-bond donors (Lipinski definition) is 2. The third-order valence-electron chi connectivity index (χ3n) is 3.02. The number of oxazole rings is 1. The molecule has 0 amide bonds. The van der Waals surface area contributed by atoms with Gasteiger partial charge in [-0.05, 0) is 18.2 Å². The van der Waals surface area contributed by atoms with E-state index in [4.69, 9.17) is 10.2 Å². The molecule has 0 aliphatic heterocycles. The van der Waals surface area contributed by atoms with Crippen LogP contribution in [-0.2, 0) is 13.6 Å². The van der Waals surface area contributed by atoms with Gasteiger partial charge in [-0.15, -0.1) is 0 Å². The van der Waals surface area contributed by atoms with Crippen molar-refractivity contribution in [1.29, 1.82) is 0 Å². The van der Waals surface area contributed by atoms with Gasteiger partial charge in [-0.2, -0.15) is 5.10 Å². The smallest absolute Gasteiger partial charge is 0.408 e. The molecule has 92 valence electrons. The second-order valence-corrected chi connectivity index (χ2v) is 4.08. The highest BCUT2D eigenvalue weighted by atomic mass is 16.4. The second-order valence-electron chi connectivity index (χ2n) is 4.08. The monoisotopic (exact) mass is 244 g/mol. The molecule has 3 N–H and O–H groups in total. The Morgan fingerprint density at radius 2 is 2.33 bits per heavy atom. The van der Waals surface area contributed by atoms with E-state index in [1.165, 1.54) is 4.57 Å². The molecule has 6 heteroatoms. The molecule has 0 radical (unpaired) electrons. The summed E-state index contributed by atoms with van der Waals surface area (Å²) >= 11 is 0. The number of benzene rings is 1. The number of hydrogen-bond acceptors (Lipinski definition) is 4. The van der Waals surface area contributed by atoms with Crippen molar-refractivity contribution >= 4 is 11.1 Å². The van der Waals surface area contributed by atoms with Crippen LogP contribution in [0.4, 0.5) is 0 Å². The van der Waals surface area contributed by atoms with Crippen molar-refractivity contribution in [2.24, 2.45) is 12.8 Å². The maximum Gasteiger partial charge on any atom is 0.419 e. The Morgan fingerprint density at radius 1 is 1.50 bits per heavy atom. The van der Waals surface area contributed by atoms with E-state index in [1.807, 2.05) is 12.1 Å². The summed E-state index contributed by atoms with van der Waals surface area (Å²) in [7, 11) is 1.68. The van der Waals surface area contributed by atoms with Gasteiger partial charge in [0, 0.05) is 24.7 Å². The second kappa shape index (κ2) is 3.85. The lowest BCUT2D eigenvalue weighted by molar-refractivity contribution is 0.528. The van der Waals surface area contributed by atoms with E-state index in [0.29, 0.717) is 12.1 Å². The lowest BCUT2D eigenvalue weighted by Crippen LogP contribution is -2.08. The molecule has 0 unspecified atom stereocenters. The van der Waals surface area contributed by atoms with Crippen molar-refractivity contribution in [1.82, 2.24) is 14.8 Å². The fraction of sp³-hybridized carbons (Fsp3) is 0.167. The zero-order chi connectivity index (χ0) is 12.7. The SMILES string of the molecule is Cn1c(=O)oc2ccc(-c3[nH]ncc3CN)cc21. The molecule has 6 nitrogen and oxygen atoms in total. The van der Waals surface area contributed by atoms with Gasteiger partial charge >= 0.3 is 5.76 Å². The molecule has 2 aromatic heterocycles. The van der Waals surface area contributed by atoms with E-state index < -0.39 is 0 Å². The molecule has 0 atom stereocenters. The molecule has 0 aliphatic carbocycles. The molecule has 3 aromatic rings. The van der Waals surface area contributed by atoms with Crippen LogP contribution in [-0.4, -0.2) is 14.8 Å². The number of aromatic amines is 1. The minimum absolute atomic E-state index is 0.370. The van der Waals surface area contributed by atoms with Crippen molar-refractivity contribution in [2.45, 2.75) is 6.54 Å². The standard InChI is InChI=1S/C12H12N4O2/c1-16-9-4-7(2-3-10(9)18-12(16)17)11-8(5-13)6-14-15-11/h2-4,6H,5,13H2,1H3,(H,14,15). The lowest BCUT2D eigenvalue weighted by Gasteiger charge is -2.01. The van der Waals surface area contributed by atoms with Gasteiger partial charge in [0.05, 0.1) is 17.4 Å². The van der Waals surface area contributed by atoms with Crippen LogP contribution in [0.25, 0.3) is 22.4 Å². The van der Waals surface area contributed by atoms with Crippen molar-refractivity contribution in [3.05, 3.63) is 40.5 Å². The number of nitrogens with one attached hydrogen (secondary N) is 1. The summed E-state index contributed by atoms with van der Waals surface area (Å²) in [4.78, 5) is 11.4. The summed E-state index contributed by atoms with van der Waals surface area (Å²) in [6.07, 6.45) is 1.70. The molecule has 2 heterocycles. The fourth-order valence-electron chi connectivity index (χ4n) is 2.00. The number of nitrogens with zero attached hydrogens (tertiary/aromatic N) is 2. The minimum atomic E-state index is -0.370. The summed E-state index contributed by atoms with van der Waals surface area (Å²) < 4.78 is 6.55. The van der Waals surface area contributed by atoms with Crippen LogP contribution in [0, 0.1) is 0 Å². The highest BCUT2D eigenvalue weighted by Gasteiger charge is 2.10. The Kier molecular flexibility index (Phi) is 2.31. The van der Waals surface area contributed by atoms with Crippen molar-refractivity contribution in [3.63, 3.8) is 0 Å². The van der Waals surface area contributed by atoms with E-state index in [9.17, 15) is 4.79 Å². The minimum Gasteiger partial charge on any atom is -0.408 e. The van der Waals surface area contributed by atoms with Gasteiger partial charge in [0.15, 0.2) is 5.58 Å². The molecule has 18 heavy (non-hydrogen) atoms. The maximum atomic E-state index is 11.4. The van der Waals surface area contributed by atoms with Gasteiger partial charge in [-0.25, -0.2) is 4.79 Å². The first kappa shape index (κ1) is 10.8. The van der Waals surface area contributed by atoms with Crippen molar-refractivity contribution < 1.29 is 4.42 Å². The number of H-pyrrole nitrogens is 1. The molecule has 0 saturated heterocycles. The zero-order valence-corrected chi connectivity index (χ0v) is 9.80. The van der Waals surface area contributed by atoms with Gasteiger partial charge in [0.25, 0.3) is 0 Å². The first-order valence-corrected chi connectivity index (χ1v) is 5.53. The number of rotatable bonds is 2. The van der Waals surface area contributed by atoms with Crippen LogP contribution in [0.2, 0.25) is 0 Å². The van der Waals surface area contributed by atoms with Crippen molar-refractivity contribution in [2.75, 3.05) is 0 Å². The Bertz CT molecular complexity index is 766. The van der Waals surface area contributed by atoms with Gasteiger partial charge in [-0.1, -0.05) is 0 Å². The molecule has 0 aliphatic rings. The van der Waals surface area contributed by atoms with Gasteiger partial charge in [0.2, 0.25) is 0 Å². The summed E-state index contributed by atoms with van der Waals surface area (Å²) in [5, 5.41) is 6.90. The highest BCUT2D eigenvalue weighted by Crippen LogP contribution is 2.24. The summed E-state index contributed by atoms with van der Waals surface area (Å²) in [5.41, 5.74) is 9.69. The van der Waals surface area contributed by atoms with E-state index >= 15 is 0 Å². The normalized spacial score (nSPS) is 11.2. The lowest BCUT2D eigenvalue weighted by atomic mass is 10.1. The van der Waals surface area contributed by atoms with Crippen LogP contribution >= 0.6 is 0 Å². The number of fused-ring (bicyclic) bond motifs is 1. The molecular formula is C12H12N4O2. The molecular weight excluding hydrogens is 232 g/mol. The molecule has 0 saturated carbocycles. The van der Waals surface area contributed by atoms with Crippen LogP contribution < -0.4 is 11.5 Å². The predicted octanol–water partition coefficient (Wildman–Crippen LogP) is 0.980. The largest absolute Gasteiger partial charge is 0.419 e. The third kappa shape index (κ3) is 1.46. The van der Waals surface area contributed by atoms with E-state index in [0.717, 1.165) is 22.3 Å². The van der Waals surface area contributed by atoms with Gasteiger partial charge in [-0.3, -0.25) is 9.67 Å². The molecule has 0 bridgehead atoms. The Hall–Kier alpha value is -2.34. The maximum absolute atomic E-state index is 11.4. The van der Waals surface area contributed by atoms with Crippen LogP contribution in [0.15, 0.2) is 33.6 Å². The number of aromatic nitrogens is 3. The van der Waals surface area contributed by atoms with Gasteiger partial charge in [0.1, 0.15) is 0 Å². The summed E-state index contributed by atoms with van der Waals surface area (Å²) in [6.45, 7) is 0.411. The quantitative estimate of drug-likeness (QED) is 0.703. The predicted molar refractivity (Wildman–Crippen MR) is 66.9 cm³/mol. The van der Waals surface area contributed by atoms with Gasteiger partial charge < -0.3 is 10.2 Å². The van der Waals surface area contributed by atoms with Crippen molar-refractivity contribution in [3.8, 4) is 11.3 Å². The van der Waals surface area contributed by atoms with E-state index in [-0.39, 0.29) is 5.76 Å². The van der Waals surface area contributed by atoms with Crippen LogP contribution in [0.5, 0.6) is 0 Å². The summed E-state index contributed by atoms with van der Waals surface area (Å²) in [6, 6.07) is 5.53. The summed E-state index contributed by atoms with van der Waals surface area (Å²) in [5.74, 6) is -0.370. The average molecular weight is 244 g/mol. The fourth-order valence-corrected chi connectivity index (χ4v) is 2.00. The molecule has 0 fully saturated rings. The molecule has 0 spiro atoms. The zero-order valence-electron chi connectivity index (χ0n) is 9.80. The topological polar surface area (TPSA) is 89.8 Å². The van der Waals surface area contributed by atoms with E-state index in [2.05, 4.69) is 10.2 Å². The average Bonchev–Trinajstić information content (AvgIpc) is 2.95. The highest BCUT2D eigenvalue weighted by molar-refractivity contribution is 5.80. The first-order valence-electron chi connectivity index (χ1n) is 5.53. The van der Waals surface area contributed by atoms with Crippen LogP contribution in [0.1, 0.15) is 5.56 Å². The number of aryl methyl sites for hydroxylation is 1. The molecule has 3 rings (SSSR count).